The maximum atomic E-state index is 12.8. The van der Waals surface area contributed by atoms with Crippen molar-refractivity contribution in [1.82, 2.24) is 0 Å². The van der Waals surface area contributed by atoms with Gasteiger partial charge >= 0.3 is 0 Å². The molecule has 1 aliphatic heterocycles. The summed E-state index contributed by atoms with van der Waals surface area (Å²) < 4.78 is 11.4. The molecule has 0 aromatic heterocycles. The van der Waals surface area contributed by atoms with Crippen molar-refractivity contribution in [3.8, 4) is 0 Å². The predicted molar refractivity (Wildman–Crippen MR) is 93.6 cm³/mol. The van der Waals surface area contributed by atoms with Crippen LogP contribution in [0.5, 0.6) is 0 Å². The molecule has 1 aromatic carbocycles. The van der Waals surface area contributed by atoms with Crippen LogP contribution in [0.1, 0.15) is 31.4 Å². The molecule has 5 atom stereocenters. The lowest BCUT2D eigenvalue weighted by Crippen LogP contribution is -2.53. The van der Waals surface area contributed by atoms with Gasteiger partial charge in [-0.1, -0.05) is 43.3 Å². The highest BCUT2D eigenvalue weighted by molar-refractivity contribution is 5.97. The van der Waals surface area contributed by atoms with Gasteiger partial charge in [0.2, 0.25) is 0 Å². The van der Waals surface area contributed by atoms with Gasteiger partial charge < -0.3 is 14.6 Å². The number of aliphatic hydroxyl groups excluding tert-OH is 1. The second kappa shape index (κ2) is 6.11. The standard InChI is InChI=1S/C21H24O4/c1-21-9-8-14-12-25-16(13-6-4-3-5-7-13)10-15(14)19(21)20(23)17(24-2)11-18(21)22/h3-8,11,15-16,19-20,23H,9-10,12H2,1-2H3/t15-,16-,19+,20-,21-/m0/s1. The first-order chi connectivity index (χ1) is 12.0. The average Bonchev–Trinajstić information content (AvgIpc) is 2.64. The van der Waals surface area contributed by atoms with Crippen molar-refractivity contribution in [3.63, 3.8) is 0 Å². The molecular weight excluding hydrogens is 316 g/mol. The Morgan fingerprint density at radius 3 is 2.76 bits per heavy atom. The van der Waals surface area contributed by atoms with Crippen LogP contribution in [0.3, 0.4) is 0 Å². The van der Waals surface area contributed by atoms with Gasteiger partial charge in [0.05, 0.1) is 19.8 Å². The fourth-order valence-electron chi connectivity index (χ4n) is 4.73. The second-order valence-corrected chi connectivity index (χ2v) is 7.54. The summed E-state index contributed by atoms with van der Waals surface area (Å²) >= 11 is 0. The maximum absolute atomic E-state index is 12.8. The van der Waals surface area contributed by atoms with E-state index in [0.717, 1.165) is 12.0 Å². The number of methoxy groups -OCH3 is 1. The smallest absolute Gasteiger partial charge is 0.165 e. The summed E-state index contributed by atoms with van der Waals surface area (Å²) in [7, 11) is 1.52. The molecule has 4 heteroatoms. The third-order valence-electron chi connectivity index (χ3n) is 6.23. The number of rotatable bonds is 2. The molecule has 132 valence electrons. The molecule has 0 radical (unpaired) electrons. The van der Waals surface area contributed by atoms with Crippen LogP contribution in [0.15, 0.2) is 53.8 Å². The van der Waals surface area contributed by atoms with Crippen LogP contribution in [0.4, 0.5) is 0 Å². The van der Waals surface area contributed by atoms with E-state index in [1.807, 2.05) is 25.1 Å². The van der Waals surface area contributed by atoms with Gasteiger partial charge in [-0.3, -0.25) is 4.79 Å². The van der Waals surface area contributed by atoms with Crippen molar-refractivity contribution in [1.29, 1.82) is 0 Å². The van der Waals surface area contributed by atoms with Crippen molar-refractivity contribution in [2.75, 3.05) is 13.7 Å². The van der Waals surface area contributed by atoms with E-state index >= 15 is 0 Å². The summed E-state index contributed by atoms with van der Waals surface area (Å²) in [6.45, 7) is 2.54. The van der Waals surface area contributed by atoms with E-state index in [2.05, 4.69) is 18.2 Å². The van der Waals surface area contributed by atoms with E-state index in [4.69, 9.17) is 9.47 Å². The topological polar surface area (TPSA) is 55.8 Å². The molecule has 0 bridgehead atoms. The van der Waals surface area contributed by atoms with Gasteiger partial charge in [0.25, 0.3) is 0 Å². The van der Waals surface area contributed by atoms with Crippen LogP contribution in [0, 0.1) is 17.3 Å². The number of hydrogen-bond donors (Lipinski definition) is 1. The Morgan fingerprint density at radius 2 is 2.04 bits per heavy atom. The van der Waals surface area contributed by atoms with Crippen molar-refractivity contribution in [3.05, 3.63) is 59.4 Å². The van der Waals surface area contributed by atoms with Crippen LogP contribution in [-0.4, -0.2) is 30.7 Å². The third-order valence-corrected chi connectivity index (χ3v) is 6.23. The number of carbonyl (C=O) groups is 1. The second-order valence-electron chi connectivity index (χ2n) is 7.54. The minimum Gasteiger partial charge on any atom is -0.498 e. The SMILES string of the molecule is COC1=CC(=O)[C@]2(C)CC=C3CO[C@H](c4ccccc4)C[C@@H]3[C@@H]2[C@H]1O. The molecule has 0 unspecified atom stereocenters. The number of allylic oxidation sites excluding steroid dienone is 2. The predicted octanol–water partition coefficient (Wildman–Crippen LogP) is 3.19. The van der Waals surface area contributed by atoms with E-state index in [9.17, 15) is 9.90 Å². The molecule has 1 N–H and O–H groups in total. The van der Waals surface area contributed by atoms with Crippen LogP contribution in [0.2, 0.25) is 0 Å². The molecule has 0 saturated carbocycles. The molecular formula is C21H24O4. The summed E-state index contributed by atoms with van der Waals surface area (Å²) in [4.78, 5) is 12.8. The average molecular weight is 340 g/mol. The van der Waals surface area contributed by atoms with E-state index in [-0.39, 0.29) is 23.7 Å². The zero-order valence-corrected chi connectivity index (χ0v) is 14.6. The number of hydrogen-bond acceptors (Lipinski definition) is 4. The Hall–Kier alpha value is -1.91. The largest absolute Gasteiger partial charge is 0.498 e. The maximum Gasteiger partial charge on any atom is 0.165 e. The molecule has 0 amide bonds. The molecule has 4 rings (SSSR count). The Balaban J connectivity index is 1.70. The van der Waals surface area contributed by atoms with Crippen molar-refractivity contribution >= 4 is 5.78 Å². The summed E-state index contributed by atoms with van der Waals surface area (Å²) in [5.74, 6) is 0.389. The van der Waals surface area contributed by atoms with E-state index < -0.39 is 11.5 Å². The Morgan fingerprint density at radius 1 is 1.28 bits per heavy atom. The number of benzene rings is 1. The highest BCUT2D eigenvalue weighted by atomic mass is 16.5. The normalized spacial score (nSPS) is 37.5. The van der Waals surface area contributed by atoms with Gasteiger partial charge in [-0.05, 0) is 29.9 Å². The van der Waals surface area contributed by atoms with Gasteiger partial charge in [0.15, 0.2) is 5.78 Å². The van der Waals surface area contributed by atoms with Gasteiger partial charge in [0.1, 0.15) is 11.9 Å². The summed E-state index contributed by atoms with van der Waals surface area (Å²) in [6, 6.07) is 10.2. The molecule has 1 aromatic rings. The zero-order valence-electron chi connectivity index (χ0n) is 14.6. The third kappa shape index (κ3) is 2.55. The molecule has 1 heterocycles. The first kappa shape index (κ1) is 16.6. The van der Waals surface area contributed by atoms with Crippen LogP contribution >= 0.6 is 0 Å². The molecule has 0 spiro atoms. The zero-order chi connectivity index (χ0) is 17.6. The van der Waals surface area contributed by atoms with Gasteiger partial charge in [-0.15, -0.1) is 0 Å². The molecule has 1 saturated heterocycles. The lowest BCUT2D eigenvalue weighted by atomic mass is 9.55. The number of ketones is 1. The Kier molecular flexibility index (Phi) is 4.05. The summed E-state index contributed by atoms with van der Waals surface area (Å²) in [6.07, 6.45) is 4.29. The first-order valence-corrected chi connectivity index (χ1v) is 8.88. The summed E-state index contributed by atoms with van der Waals surface area (Å²) in [5.41, 5.74) is 1.78. The molecule has 4 nitrogen and oxygen atoms in total. The van der Waals surface area contributed by atoms with E-state index in [1.165, 1.54) is 18.8 Å². The highest BCUT2D eigenvalue weighted by Crippen LogP contribution is 2.54. The lowest BCUT2D eigenvalue weighted by molar-refractivity contribution is -0.137. The number of ether oxygens (including phenoxy) is 2. The van der Waals surface area contributed by atoms with Gasteiger partial charge in [-0.25, -0.2) is 0 Å². The number of fused-ring (bicyclic) bond motifs is 3. The van der Waals surface area contributed by atoms with Crippen molar-refractivity contribution in [2.24, 2.45) is 17.3 Å². The number of carbonyl (C=O) groups excluding carboxylic acids is 1. The Labute approximate surface area is 148 Å². The van der Waals surface area contributed by atoms with Crippen molar-refractivity contribution in [2.45, 2.75) is 32.0 Å². The van der Waals surface area contributed by atoms with E-state index in [0.29, 0.717) is 18.8 Å². The van der Waals surface area contributed by atoms with Crippen LogP contribution in [-0.2, 0) is 14.3 Å². The van der Waals surface area contributed by atoms with Crippen LogP contribution < -0.4 is 0 Å². The fourth-order valence-corrected chi connectivity index (χ4v) is 4.73. The summed E-state index contributed by atoms with van der Waals surface area (Å²) in [5, 5.41) is 10.9. The Bertz CT molecular complexity index is 736. The van der Waals surface area contributed by atoms with Crippen LogP contribution in [0.25, 0.3) is 0 Å². The minimum absolute atomic E-state index is 0.00935. The fraction of sp³-hybridized carbons (Fsp3) is 0.476. The molecule has 25 heavy (non-hydrogen) atoms. The monoisotopic (exact) mass is 340 g/mol. The molecule has 1 fully saturated rings. The molecule has 2 aliphatic carbocycles. The number of aliphatic hydroxyl groups is 1. The minimum atomic E-state index is -0.754. The first-order valence-electron chi connectivity index (χ1n) is 8.88. The highest BCUT2D eigenvalue weighted by Gasteiger charge is 2.55. The lowest BCUT2D eigenvalue weighted by Gasteiger charge is -2.51. The van der Waals surface area contributed by atoms with Gasteiger partial charge in [0, 0.05) is 17.4 Å². The van der Waals surface area contributed by atoms with E-state index in [1.54, 1.807) is 0 Å². The van der Waals surface area contributed by atoms with Gasteiger partial charge in [-0.2, -0.15) is 0 Å². The van der Waals surface area contributed by atoms with Crippen molar-refractivity contribution < 1.29 is 19.4 Å². The quantitative estimate of drug-likeness (QED) is 0.840. The molecule has 3 aliphatic rings.